The summed E-state index contributed by atoms with van der Waals surface area (Å²) in [4.78, 5) is 28.0. The SMILES string of the molecule is N#CC(C#N)=C1CCC(=O)/C1=c1/cc/c(=C/c2cc3c(-c4ccccc4)c4sc(/C=c5/cc/c(=C6/C(=O)CCC6=C(C#N)C#N)s5)cc4c(-c4ccccc4)c3s2)s1. The molecule has 58 heavy (non-hydrogen) atoms. The summed E-state index contributed by atoms with van der Waals surface area (Å²) in [5.41, 5.74) is 6.58. The Labute approximate surface area is 348 Å². The first-order valence-electron chi connectivity index (χ1n) is 18.3. The summed E-state index contributed by atoms with van der Waals surface area (Å²) in [5, 5.41) is 40.5. The Hall–Kier alpha value is -6.76. The van der Waals surface area contributed by atoms with Gasteiger partial charge in [-0.1, -0.05) is 60.7 Å². The first-order valence-corrected chi connectivity index (χ1v) is 21.6. The van der Waals surface area contributed by atoms with Crippen molar-refractivity contribution in [1.82, 2.24) is 0 Å². The number of carbonyl (C=O) groups is 2. The molecule has 7 aromatic rings. The summed E-state index contributed by atoms with van der Waals surface area (Å²) in [6.07, 6.45) is 5.69. The second-order valence-electron chi connectivity index (χ2n) is 13.7. The molecular formula is C48H26N4O2S4. The van der Waals surface area contributed by atoms with Crippen LogP contribution in [0.25, 0.3) is 65.7 Å². The van der Waals surface area contributed by atoms with Gasteiger partial charge in [0, 0.05) is 83.2 Å². The van der Waals surface area contributed by atoms with Crippen molar-refractivity contribution in [2.24, 2.45) is 0 Å². The smallest absolute Gasteiger partial charge is 0.164 e. The van der Waals surface area contributed by atoms with Gasteiger partial charge in [-0.2, -0.15) is 21.0 Å². The van der Waals surface area contributed by atoms with Gasteiger partial charge in [-0.25, -0.2) is 0 Å². The number of hydrogen-bond acceptors (Lipinski definition) is 10. The third-order valence-electron chi connectivity index (χ3n) is 10.4. The molecule has 2 aliphatic rings. The van der Waals surface area contributed by atoms with Crippen LogP contribution in [-0.2, 0) is 9.59 Å². The second-order valence-corrected chi connectivity index (χ2v) is 18.1. The van der Waals surface area contributed by atoms with Crippen LogP contribution in [0, 0.1) is 45.3 Å². The molecule has 0 aliphatic heterocycles. The van der Waals surface area contributed by atoms with E-state index in [2.05, 4.69) is 72.8 Å². The van der Waals surface area contributed by atoms with E-state index in [0.29, 0.717) is 48.0 Å². The van der Waals surface area contributed by atoms with Crippen LogP contribution in [0.1, 0.15) is 35.4 Å². The summed E-state index contributed by atoms with van der Waals surface area (Å²) in [6, 6.07) is 41.1. The Morgan fingerprint density at radius 3 is 1.28 bits per heavy atom. The minimum Gasteiger partial charge on any atom is -0.294 e. The van der Waals surface area contributed by atoms with Gasteiger partial charge in [0.25, 0.3) is 0 Å². The van der Waals surface area contributed by atoms with E-state index in [1.165, 1.54) is 22.7 Å². The number of thiophene rings is 4. The number of allylic oxidation sites excluding steroid dienone is 4. The highest BCUT2D eigenvalue weighted by Crippen LogP contribution is 2.49. The lowest BCUT2D eigenvalue weighted by Gasteiger charge is -2.12. The molecule has 4 aromatic heterocycles. The van der Waals surface area contributed by atoms with E-state index in [0.717, 1.165) is 70.3 Å². The van der Waals surface area contributed by atoms with E-state index in [4.69, 9.17) is 0 Å². The van der Waals surface area contributed by atoms with E-state index in [9.17, 15) is 30.6 Å². The molecule has 9 rings (SSSR count). The zero-order chi connectivity index (χ0) is 39.9. The molecule has 0 atom stereocenters. The fourth-order valence-electron chi connectivity index (χ4n) is 7.85. The van der Waals surface area contributed by atoms with Gasteiger partial charge in [-0.15, -0.1) is 45.3 Å². The maximum Gasteiger partial charge on any atom is 0.164 e. The van der Waals surface area contributed by atoms with Crippen molar-refractivity contribution in [3.63, 3.8) is 0 Å². The summed E-state index contributed by atoms with van der Waals surface area (Å²) in [5.74, 6) is -0.0771. The van der Waals surface area contributed by atoms with Gasteiger partial charge in [0.2, 0.25) is 0 Å². The van der Waals surface area contributed by atoms with Crippen LogP contribution in [0.15, 0.2) is 119 Å². The average Bonchev–Trinajstić information content (AvgIpc) is 4.11. The molecule has 0 radical (unpaired) electrons. The quantitative estimate of drug-likeness (QED) is 0.163. The fourth-order valence-corrected chi connectivity index (χ4v) is 12.5. The van der Waals surface area contributed by atoms with E-state index >= 15 is 0 Å². The number of nitrogens with zero attached hydrogens (tertiary/aromatic N) is 4. The van der Waals surface area contributed by atoms with Crippen molar-refractivity contribution < 1.29 is 9.59 Å². The third kappa shape index (κ3) is 6.45. The molecule has 3 aromatic carbocycles. The summed E-state index contributed by atoms with van der Waals surface area (Å²) >= 11 is 6.43. The number of rotatable bonds is 4. The Morgan fingerprint density at radius 1 is 0.500 bits per heavy atom. The Bertz CT molecular complexity index is 3110. The topological polar surface area (TPSA) is 129 Å². The van der Waals surface area contributed by atoms with E-state index in [1.54, 1.807) is 22.7 Å². The van der Waals surface area contributed by atoms with Crippen molar-refractivity contribution in [2.45, 2.75) is 25.7 Å². The molecule has 0 N–H and O–H groups in total. The van der Waals surface area contributed by atoms with Crippen LogP contribution in [-0.4, -0.2) is 11.6 Å². The van der Waals surface area contributed by atoms with Crippen LogP contribution in [0.2, 0.25) is 0 Å². The molecule has 2 fully saturated rings. The highest BCUT2D eigenvalue weighted by molar-refractivity contribution is 7.23. The average molecular weight is 819 g/mol. The molecule has 0 saturated heterocycles. The maximum absolute atomic E-state index is 13.0. The van der Waals surface area contributed by atoms with Crippen LogP contribution in [0.5, 0.6) is 0 Å². The number of benzene rings is 3. The standard InChI is InChI=1S/C48H26N4O2S4/c49-23-29(24-50)35-13-15-39(53)45(35)41-17-11-31(55-41)19-33-21-37-43(27-7-3-1-4-8-27)47-38(44(48(37)58-33)28-9-5-2-6-10-28)22-34(57-47)20-32-12-18-42(56-32)46-36(14-16-40(46)54)30(25-51)26-52/h1-12,17-22H,13-16H2/b31-19-,32-20-,45-41-,46-42-. The Morgan fingerprint density at radius 2 is 0.897 bits per heavy atom. The Balaban J connectivity index is 1.26. The van der Waals surface area contributed by atoms with Crippen LogP contribution in [0.3, 0.4) is 0 Å². The summed E-state index contributed by atoms with van der Waals surface area (Å²) < 4.78 is 5.78. The number of carbonyl (C=O) groups excluding carboxylic acids is 2. The van der Waals surface area contributed by atoms with Gasteiger partial charge in [-0.3, -0.25) is 9.59 Å². The lowest BCUT2D eigenvalue weighted by atomic mass is 9.93. The fraction of sp³-hybridized carbons (Fsp3) is 0.0833. The molecule has 0 spiro atoms. The molecule has 2 aliphatic carbocycles. The number of ketones is 2. The van der Waals surface area contributed by atoms with Gasteiger partial charge in [0.1, 0.15) is 35.4 Å². The largest absolute Gasteiger partial charge is 0.294 e. The second kappa shape index (κ2) is 15.3. The molecule has 0 bridgehead atoms. The molecule has 4 heterocycles. The van der Waals surface area contributed by atoms with Crippen molar-refractivity contribution in [2.75, 3.05) is 0 Å². The summed E-state index contributed by atoms with van der Waals surface area (Å²) in [6.45, 7) is 0. The molecule has 0 unspecified atom stereocenters. The van der Waals surface area contributed by atoms with E-state index in [-0.39, 0.29) is 22.7 Å². The lowest BCUT2D eigenvalue weighted by Crippen LogP contribution is -2.06. The highest BCUT2D eigenvalue weighted by Gasteiger charge is 2.28. The third-order valence-corrected chi connectivity index (χ3v) is 14.7. The predicted octanol–water partition coefficient (Wildman–Crippen LogP) is 8.95. The van der Waals surface area contributed by atoms with Crippen LogP contribution in [0.4, 0.5) is 0 Å². The van der Waals surface area contributed by atoms with Gasteiger partial charge in [-0.05, 0) is 83.7 Å². The van der Waals surface area contributed by atoms with Crippen molar-refractivity contribution in [3.8, 4) is 46.5 Å². The number of nitriles is 4. The molecule has 6 nitrogen and oxygen atoms in total. The predicted molar refractivity (Wildman–Crippen MR) is 234 cm³/mol. The van der Waals surface area contributed by atoms with Crippen LogP contribution >= 0.6 is 45.3 Å². The first kappa shape index (κ1) is 36.9. The minimum absolute atomic E-state index is 0.00439. The van der Waals surface area contributed by atoms with E-state index < -0.39 is 0 Å². The van der Waals surface area contributed by atoms with Crippen molar-refractivity contribution in [1.29, 1.82) is 21.0 Å². The molecule has 2 saturated carbocycles. The normalized spacial score (nSPS) is 16.6. The molecule has 10 heteroatoms. The van der Waals surface area contributed by atoms with Gasteiger partial charge in [0.15, 0.2) is 11.6 Å². The van der Waals surface area contributed by atoms with Gasteiger partial charge in [0.05, 0.1) is 0 Å². The Kier molecular flexibility index (Phi) is 9.72. The minimum atomic E-state index is -0.0386. The molecule has 274 valence electrons. The number of hydrogen-bond donors (Lipinski definition) is 0. The molecular weight excluding hydrogens is 793 g/mol. The summed E-state index contributed by atoms with van der Waals surface area (Å²) in [7, 11) is 0. The van der Waals surface area contributed by atoms with Crippen LogP contribution < -0.4 is 18.1 Å². The van der Waals surface area contributed by atoms with Crippen molar-refractivity contribution in [3.05, 3.63) is 147 Å². The first-order chi connectivity index (χ1) is 28.4. The maximum atomic E-state index is 13.0. The van der Waals surface area contributed by atoms with Crippen molar-refractivity contribution >= 4 is 100 Å². The highest BCUT2D eigenvalue weighted by atomic mass is 32.1. The number of fused-ring (bicyclic) bond motifs is 2. The van der Waals surface area contributed by atoms with Gasteiger partial charge >= 0.3 is 0 Å². The van der Waals surface area contributed by atoms with E-state index in [1.807, 2.05) is 60.7 Å². The zero-order valence-corrected chi connectivity index (χ0v) is 33.7. The zero-order valence-electron chi connectivity index (χ0n) is 30.5. The molecule has 0 amide bonds. The number of Topliss-reactive ketones (excluding diaryl/α,β-unsaturated/α-hetero) is 2. The lowest BCUT2D eigenvalue weighted by molar-refractivity contribution is -0.113. The monoisotopic (exact) mass is 818 g/mol. The van der Waals surface area contributed by atoms with Gasteiger partial charge < -0.3 is 0 Å².